The molecule has 1 aromatic carbocycles. The van der Waals surface area contributed by atoms with Gasteiger partial charge in [0.05, 0.1) is 12.6 Å². The van der Waals surface area contributed by atoms with Gasteiger partial charge in [-0.2, -0.15) is 0 Å². The van der Waals surface area contributed by atoms with Gasteiger partial charge in [0.25, 0.3) is 5.91 Å². The molecule has 2 bridgehead atoms. The number of fused-ring (bicyclic) bond motifs is 9. The van der Waals surface area contributed by atoms with Gasteiger partial charge in [0, 0.05) is 51.7 Å². The van der Waals surface area contributed by atoms with Gasteiger partial charge >= 0.3 is 0 Å². The molecule has 5 aliphatic heterocycles. The number of likely N-dealkylation sites (tertiary alicyclic amines) is 1. The number of carbonyl (C=O) groups excluding carboxylic acids is 4. The van der Waals surface area contributed by atoms with E-state index in [0.717, 1.165) is 71.2 Å². The van der Waals surface area contributed by atoms with Gasteiger partial charge < -0.3 is 30.1 Å². The molecule has 236 valence electrons. The number of carbonyl (C=O) groups is 4. The number of nitrogens with zero attached hydrogens (tertiary/aromatic N) is 4. The number of hydrogen-bond acceptors (Lipinski definition) is 7. The zero-order chi connectivity index (χ0) is 30.2. The molecular formula is C32H48N6O5. The number of ether oxygens (including phenoxy) is 1. The maximum absolute atomic E-state index is 14.0. The largest absolute Gasteiger partial charge is 0.484 e. The fraction of sp³-hybridized carbons (Fsp3) is 0.688. The molecule has 0 aromatic heterocycles. The van der Waals surface area contributed by atoms with E-state index in [4.69, 9.17) is 4.74 Å². The van der Waals surface area contributed by atoms with Gasteiger partial charge in [0.15, 0.2) is 6.61 Å². The Hall–Kier alpha value is -3.18. The van der Waals surface area contributed by atoms with Crippen molar-refractivity contribution in [3.8, 4) is 5.75 Å². The van der Waals surface area contributed by atoms with E-state index in [1.165, 1.54) is 0 Å². The summed E-state index contributed by atoms with van der Waals surface area (Å²) < 4.78 is 5.54. The number of piperidine rings is 2. The number of nitrogens with one attached hydrogen (secondary N) is 2. The molecule has 11 heteroatoms. The molecule has 0 radical (unpaired) electrons. The van der Waals surface area contributed by atoms with Crippen molar-refractivity contribution in [1.29, 1.82) is 0 Å². The highest BCUT2D eigenvalue weighted by Crippen LogP contribution is 2.31. The van der Waals surface area contributed by atoms with Crippen LogP contribution in [-0.2, 0) is 19.2 Å². The third-order valence-electron chi connectivity index (χ3n) is 9.70. The predicted octanol–water partition coefficient (Wildman–Crippen LogP) is 0.944. The Labute approximate surface area is 255 Å². The summed E-state index contributed by atoms with van der Waals surface area (Å²) in [6.45, 7) is 5.07. The highest BCUT2D eigenvalue weighted by atomic mass is 16.5. The standard InChI is InChI=1S/C32H48N6O5/c1-35-16-10-24-20-31(41)36-17-11-26(12-18-36)38-15-5-8-28(38)32(42)37(22-29(39)33-13-9-25(24)21-35)19-14-34-30(40)23-43-27-6-3-2-4-7-27/h2-4,6-7,24-26,28H,5,8-23H2,1H3,(H,33,39)(H,34,40)/t24-,25-,28-/m0/s1. The molecule has 5 saturated heterocycles. The molecule has 3 atom stereocenters. The second-order valence-electron chi connectivity index (χ2n) is 12.6. The van der Waals surface area contributed by atoms with Crippen molar-refractivity contribution in [2.75, 3.05) is 72.6 Å². The van der Waals surface area contributed by atoms with E-state index in [1.807, 2.05) is 23.1 Å². The van der Waals surface area contributed by atoms with Crippen molar-refractivity contribution in [3.63, 3.8) is 0 Å². The maximum atomic E-state index is 14.0. The lowest BCUT2D eigenvalue weighted by atomic mass is 9.81. The second kappa shape index (κ2) is 15.0. The van der Waals surface area contributed by atoms with E-state index >= 15 is 0 Å². The molecular weight excluding hydrogens is 548 g/mol. The summed E-state index contributed by atoms with van der Waals surface area (Å²) in [6, 6.07) is 9.11. The lowest BCUT2D eigenvalue weighted by Gasteiger charge is -2.41. The zero-order valence-electron chi connectivity index (χ0n) is 25.5. The van der Waals surface area contributed by atoms with Gasteiger partial charge in [-0.05, 0) is 82.6 Å². The summed E-state index contributed by atoms with van der Waals surface area (Å²) in [7, 11) is 2.12. The molecule has 0 saturated carbocycles. The average molecular weight is 597 g/mol. The quantitative estimate of drug-likeness (QED) is 0.503. The lowest BCUT2D eigenvalue weighted by molar-refractivity contribution is -0.141. The fourth-order valence-electron chi connectivity index (χ4n) is 7.30. The van der Waals surface area contributed by atoms with Crippen molar-refractivity contribution >= 4 is 23.6 Å². The van der Waals surface area contributed by atoms with E-state index in [2.05, 4.69) is 27.5 Å². The molecule has 5 heterocycles. The van der Waals surface area contributed by atoms with Crippen molar-refractivity contribution < 1.29 is 23.9 Å². The van der Waals surface area contributed by atoms with Gasteiger partial charge in [-0.15, -0.1) is 0 Å². The molecule has 0 aliphatic carbocycles. The Balaban J connectivity index is 1.24. The number of amides is 4. The van der Waals surface area contributed by atoms with Crippen LogP contribution < -0.4 is 15.4 Å². The molecule has 6 rings (SSSR count). The molecule has 4 amide bonds. The molecule has 11 nitrogen and oxygen atoms in total. The van der Waals surface area contributed by atoms with Gasteiger partial charge in [0.1, 0.15) is 5.75 Å². The van der Waals surface area contributed by atoms with Crippen molar-refractivity contribution in [2.24, 2.45) is 11.8 Å². The maximum Gasteiger partial charge on any atom is 0.258 e. The number of benzene rings is 1. The van der Waals surface area contributed by atoms with Crippen molar-refractivity contribution in [3.05, 3.63) is 30.3 Å². The summed E-state index contributed by atoms with van der Waals surface area (Å²) in [5.74, 6) is 1.01. The minimum Gasteiger partial charge on any atom is -0.484 e. The van der Waals surface area contributed by atoms with E-state index in [0.29, 0.717) is 30.6 Å². The van der Waals surface area contributed by atoms with Crippen LogP contribution in [0.3, 0.4) is 0 Å². The molecule has 5 fully saturated rings. The van der Waals surface area contributed by atoms with Crippen molar-refractivity contribution in [2.45, 2.75) is 57.0 Å². The summed E-state index contributed by atoms with van der Waals surface area (Å²) >= 11 is 0. The summed E-state index contributed by atoms with van der Waals surface area (Å²) in [5.41, 5.74) is 0. The predicted molar refractivity (Wildman–Crippen MR) is 162 cm³/mol. The first kappa shape index (κ1) is 31.3. The summed E-state index contributed by atoms with van der Waals surface area (Å²) in [4.78, 5) is 61.1. The average Bonchev–Trinajstić information content (AvgIpc) is 3.51. The van der Waals surface area contributed by atoms with E-state index < -0.39 is 0 Å². The Morgan fingerprint density at radius 3 is 2.56 bits per heavy atom. The summed E-state index contributed by atoms with van der Waals surface area (Å²) in [6.07, 6.45) is 5.80. The second-order valence-corrected chi connectivity index (χ2v) is 12.6. The Kier molecular flexibility index (Phi) is 10.9. The van der Waals surface area contributed by atoms with Crippen LogP contribution in [-0.4, -0.2) is 128 Å². The first-order chi connectivity index (χ1) is 20.9. The SMILES string of the molecule is CN1CC[C@H]2CC(=O)N3CCC(CC3)N3CCC[C@H]3C(=O)N(CCNC(=O)COc3ccccc3)CC(=O)NCC[C@H]2C1. The van der Waals surface area contributed by atoms with Crippen LogP contribution in [0, 0.1) is 11.8 Å². The Morgan fingerprint density at radius 2 is 1.77 bits per heavy atom. The van der Waals surface area contributed by atoms with Crippen molar-refractivity contribution in [1.82, 2.24) is 30.2 Å². The molecule has 0 spiro atoms. The third-order valence-corrected chi connectivity index (χ3v) is 9.70. The lowest BCUT2D eigenvalue weighted by Crippen LogP contribution is -2.55. The molecule has 43 heavy (non-hydrogen) atoms. The van der Waals surface area contributed by atoms with E-state index in [-0.39, 0.29) is 62.0 Å². The normalized spacial score (nSPS) is 28.2. The number of para-hydroxylation sites is 1. The van der Waals surface area contributed by atoms with Crippen LogP contribution in [0.2, 0.25) is 0 Å². The highest BCUT2D eigenvalue weighted by molar-refractivity contribution is 5.88. The monoisotopic (exact) mass is 596 g/mol. The minimum absolute atomic E-state index is 0.0372. The molecule has 2 N–H and O–H groups in total. The van der Waals surface area contributed by atoms with Crippen LogP contribution in [0.1, 0.15) is 44.9 Å². The number of rotatable bonds is 6. The van der Waals surface area contributed by atoms with Crippen LogP contribution in [0.5, 0.6) is 5.75 Å². The summed E-state index contributed by atoms with van der Waals surface area (Å²) in [5, 5.41) is 5.89. The molecule has 5 aliphatic rings. The van der Waals surface area contributed by atoms with Crippen LogP contribution in [0.25, 0.3) is 0 Å². The Bertz CT molecular complexity index is 1110. The molecule has 1 aromatic rings. The van der Waals surface area contributed by atoms with E-state index in [1.54, 1.807) is 17.0 Å². The van der Waals surface area contributed by atoms with Crippen LogP contribution in [0.15, 0.2) is 30.3 Å². The highest BCUT2D eigenvalue weighted by Gasteiger charge is 2.40. The van der Waals surface area contributed by atoms with Gasteiger partial charge in [0.2, 0.25) is 17.7 Å². The fourth-order valence-corrected chi connectivity index (χ4v) is 7.30. The first-order valence-electron chi connectivity index (χ1n) is 16.1. The molecule has 0 unspecified atom stereocenters. The van der Waals surface area contributed by atoms with Gasteiger partial charge in [-0.1, -0.05) is 18.2 Å². The third kappa shape index (κ3) is 8.47. The minimum atomic E-state index is -0.286. The van der Waals surface area contributed by atoms with Crippen LogP contribution >= 0.6 is 0 Å². The van der Waals surface area contributed by atoms with E-state index in [9.17, 15) is 19.2 Å². The van der Waals surface area contributed by atoms with Crippen LogP contribution in [0.4, 0.5) is 0 Å². The zero-order valence-corrected chi connectivity index (χ0v) is 25.5. The smallest absolute Gasteiger partial charge is 0.258 e. The first-order valence-corrected chi connectivity index (χ1v) is 16.1. The van der Waals surface area contributed by atoms with Gasteiger partial charge in [-0.25, -0.2) is 0 Å². The number of hydrogen-bond donors (Lipinski definition) is 2. The van der Waals surface area contributed by atoms with Gasteiger partial charge in [-0.3, -0.25) is 24.1 Å². The topological polar surface area (TPSA) is 115 Å². The Morgan fingerprint density at radius 1 is 0.977 bits per heavy atom.